The van der Waals surface area contributed by atoms with E-state index in [1.54, 1.807) is 24.3 Å². The van der Waals surface area contributed by atoms with Crippen LogP contribution in [0.4, 0.5) is 5.69 Å². The molecular formula is C50H59N4O10P. The Morgan fingerprint density at radius 2 is 1.49 bits per heavy atom. The number of carbonyl (C=O) groups is 4. The van der Waals surface area contributed by atoms with Gasteiger partial charge in [0.25, 0.3) is 5.91 Å². The molecule has 0 aliphatic carbocycles. The number of morpholine rings is 1. The second-order valence-corrected chi connectivity index (χ2v) is 16.9. The summed E-state index contributed by atoms with van der Waals surface area (Å²) in [5, 5.41) is 7.23. The maximum Gasteiger partial charge on any atom is 0.363 e. The lowest BCUT2D eigenvalue weighted by Gasteiger charge is -2.32. The Kier molecular flexibility index (Phi) is 18.9. The summed E-state index contributed by atoms with van der Waals surface area (Å²) in [5.74, 6) is -1.35. The van der Waals surface area contributed by atoms with Gasteiger partial charge in [0.1, 0.15) is 11.5 Å². The Labute approximate surface area is 382 Å². The molecule has 344 valence electrons. The fraction of sp³-hybridized carbons (Fsp3) is 0.360. The van der Waals surface area contributed by atoms with Crippen molar-refractivity contribution in [2.75, 3.05) is 44.5 Å². The standard InChI is InChI=1S/C50H59N4O10P/c1-4-7-10-19-44(45(5-2)54(36-55)64-50(58)39-20-22-41(23-21-39)53-26-28-59-29-27-53)48(56)51-35-52-49(57)47-25-24-46(63-47)40-30-42(60-6-3)32-43(31-40)65(61-33-37-15-11-8-12-16-37)62-34-38-17-13-9-14-18-38/h8-9,11-18,20-25,30-32,36,44-45H,4-7,10,19,26-29,33-35H2,1-3H3,(H,51,56)(H,52,57). The van der Waals surface area contributed by atoms with Crippen LogP contribution in [0.15, 0.2) is 120 Å². The number of furan rings is 1. The minimum absolute atomic E-state index is 0.0310. The highest BCUT2D eigenvalue weighted by Gasteiger charge is 2.34. The first-order valence-electron chi connectivity index (χ1n) is 22.3. The van der Waals surface area contributed by atoms with Gasteiger partial charge in [-0.3, -0.25) is 14.4 Å². The molecule has 5 aromatic rings. The molecule has 0 bridgehead atoms. The molecule has 1 fully saturated rings. The van der Waals surface area contributed by atoms with E-state index in [0.717, 1.165) is 53.1 Å². The first kappa shape index (κ1) is 48.4. The summed E-state index contributed by atoms with van der Waals surface area (Å²) in [5.41, 5.74) is 3.89. The molecule has 2 N–H and O–H groups in total. The highest BCUT2D eigenvalue weighted by Crippen LogP contribution is 2.42. The van der Waals surface area contributed by atoms with E-state index in [0.29, 0.717) is 75.8 Å². The van der Waals surface area contributed by atoms with E-state index in [1.807, 2.05) is 105 Å². The molecule has 0 radical (unpaired) electrons. The first-order chi connectivity index (χ1) is 31.8. The third kappa shape index (κ3) is 14.2. The number of nitrogens with one attached hydrogen (secondary N) is 2. The molecule has 1 aliphatic rings. The lowest BCUT2D eigenvalue weighted by atomic mass is 9.90. The van der Waals surface area contributed by atoms with Gasteiger partial charge in [0.05, 0.1) is 57.2 Å². The van der Waals surface area contributed by atoms with Gasteiger partial charge in [-0.05, 0) is 85.5 Å². The van der Waals surface area contributed by atoms with Crippen LogP contribution in [0.2, 0.25) is 0 Å². The van der Waals surface area contributed by atoms with Crippen molar-refractivity contribution in [2.45, 2.75) is 72.1 Å². The number of amides is 3. The van der Waals surface area contributed by atoms with Crippen LogP contribution in [0, 0.1) is 5.92 Å². The summed E-state index contributed by atoms with van der Waals surface area (Å²) in [6, 6.07) is 34.9. The molecule has 1 aliphatic heterocycles. The van der Waals surface area contributed by atoms with Gasteiger partial charge in [-0.1, -0.05) is 93.8 Å². The number of benzene rings is 4. The van der Waals surface area contributed by atoms with Crippen LogP contribution in [0.5, 0.6) is 5.75 Å². The number of hydroxylamine groups is 2. The van der Waals surface area contributed by atoms with Gasteiger partial charge in [-0.15, -0.1) is 0 Å². The number of ether oxygens (including phenoxy) is 2. The summed E-state index contributed by atoms with van der Waals surface area (Å²) in [6.45, 7) is 9.44. The first-order valence-corrected chi connectivity index (χ1v) is 23.4. The molecule has 3 amide bonds. The van der Waals surface area contributed by atoms with Crippen LogP contribution in [0.25, 0.3) is 11.3 Å². The van der Waals surface area contributed by atoms with Gasteiger partial charge in [0, 0.05) is 29.6 Å². The summed E-state index contributed by atoms with van der Waals surface area (Å²) >= 11 is 0. The second-order valence-electron chi connectivity index (χ2n) is 15.4. The zero-order valence-electron chi connectivity index (χ0n) is 37.3. The van der Waals surface area contributed by atoms with Crippen LogP contribution in [0.3, 0.4) is 0 Å². The van der Waals surface area contributed by atoms with E-state index in [2.05, 4.69) is 22.5 Å². The zero-order chi connectivity index (χ0) is 45.8. The summed E-state index contributed by atoms with van der Waals surface area (Å²) in [6.07, 6.45) is 3.70. The maximum absolute atomic E-state index is 13.8. The number of rotatable bonds is 25. The van der Waals surface area contributed by atoms with E-state index in [4.69, 9.17) is 27.8 Å². The van der Waals surface area contributed by atoms with E-state index in [1.165, 1.54) is 0 Å². The second kappa shape index (κ2) is 25.4. The van der Waals surface area contributed by atoms with Gasteiger partial charge >= 0.3 is 5.97 Å². The van der Waals surface area contributed by atoms with E-state index < -0.39 is 38.1 Å². The minimum Gasteiger partial charge on any atom is -0.494 e. The molecule has 15 heteroatoms. The van der Waals surface area contributed by atoms with Crippen molar-refractivity contribution in [3.05, 3.63) is 138 Å². The van der Waals surface area contributed by atoms with Crippen LogP contribution in [0.1, 0.15) is 84.9 Å². The van der Waals surface area contributed by atoms with E-state index in [-0.39, 0.29) is 18.0 Å². The third-order valence-corrected chi connectivity index (χ3v) is 12.3. The number of nitrogens with zero attached hydrogens (tertiary/aromatic N) is 2. The fourth-order valence-corrected chi connectivity index (χ4v) is 8.81. The number of hydrogen-bond acceptors (Lipinski definition) is 11. The lowest BCUT2D eigenvalue weighted by Crippen LogP contribution is -2.49. The quantitative estimate of drug-likeness (QED) is 0.0190. The van der Waals surface area contributed by atoms with Gasteiger partial charge < -0.3 is 43.3 Å². The Morgan fingerprint density at radius 3 is 2.11 bits per heavy atom. The number of hydrogen-bond donors (Lipinski definition) is 2. The van der Waals surface area contributed by atoms with Crippen molar-refractivity contribution in [2.24, 2.45) is 5.92 Å². The van der Waals surface area contributed by atoms with E-state index in [9.17, 15) is 19.2 Å². The van der Waals surface area contributed by atoms with E-state index >= 15 is 0 Å². The average molecular weight is 907 g/mol. The SMILES string of the molecule is CCCCCC(C(=O)NCNC(=O)c1ccc(-c2cc(OCC)cc(P(OCc3ccccc3)OCc3ccccc3)c2)o1)C(CC)N(C=O)OC(=O)c1ccc(N2CCOCC2)cc1. The van der Waals surface area contributed by atoms with Gasteiger partial charge in [-0.2, -0.15) is 5.06 Å². The van der Waals surface area contributed by atoms with Crippen molar-refractivity contribution >= 4 is 43.6 Å². The fourth-order valence-electron chi connectivity index (χ4n) is 7.43. The normalized spacial score (nSPS) is 13.4. The molecule has 1 saturated heterocycles. The minimum atomic E-state index is -1.59. The lowest BCUT2D eigenvalue weighted by molar-refractivity contribution is -0.171. The molecular weight excluding hydrogens is 848 g/mol. The van der Waals surface area contributed by atoms with Crippen LogP contribution in [-0.2, 0) is 41.4 Å². The molecule has 1 aromatic heterocycles. The monoisotopic (exact) mass is 906 g/mol. The predicted molar refractivity (Wildman–Crippen MR) is 249 cm³/mol. The predicted octanol–water partition coefficient (Wildman–Crippen LogP) is 8.56. The molecule has 6 rings (SSSR count). The largest absolute Gasteiger partial charge is 0.494 e. The van der Waals surface area contributed by atoms with Crippen molar-refractivity contribution < 1.29 is 47.0 Å². The molecule has 2 atom stereocenters. The molecule has 65 heavy (non-hydrogen) atoms. The number of carbonyl (C=O) groups excluding carboxylic acids is 4. The smallest absolute Gasteiger partial charge is 0.363 e. The summed E-state index contributed by atoms with van der Waals surface area (Å²) in [4.78, 5) is 60.7. The Balaban J connectivity index is 1.10. The zero-order valence-corrected chi connectivity index (χ0v) is 38.2. The maximum atomic E-state index is 13.8. The van der Waals surface area contributed by atoms with Gasteiger partial charge in [0.2, 0.25) is 20.7 Å². The highest BCUT2D eigenvalue weighted by molar-refractivity contribution is 7.56. The Bertz CT molecular complexity index is 2210. The third-order valence-electron chi connectivity index (χ3n) is 10.9. The van der Waals surface area contributed by atoms with Crippen LogP contribution >= 0.6 is 8.38 Å². The molecule has 0 saturated carbocycles. The number of unbranched alkanes of at least 4 members (excludes halogenated alkanes) is 2. The van der Waals surface area contributed by atoms with Crippen molar-refractivity contribution in [3.8, 4) is 17.1 Å². The summed E-state index contributed by atoms with van der Waals surface area (Å²) < 4.78 is 30.3. The average Bonchev–Trinajstić information content (AvgIpc) is 3.85. The van der Waals surface area contributed by atoms with Crippen molar-refractivity contribution in [1.29, 1.82) is 0 Å². The molecule has 14 nitrogen and oxygen atoms in total. The summed E-state index contributed by atoms with van der Waals surface area (Å²) in [7, 11) is -1.59. The van der Waals surface area contributed by atoms with Crippen LogP contribution < -0.4 is 25.6 Å². The Hall–Kier alpha value is -6.05. The van der Waals surface area contributed by atoms with Crippen molar-refractivity contribution in [3.63, 3.8) is 0 Å². The topological polar surface area (TPSA) is 158 Å². The molecule has 4 aromatic carbocycles. The number of anilines is 1. The molecule has 0 spiro atoms. The molecule has 2 heterocycles. The Morgan fingerprint density at radius 1 is 0.815 bits per heavy atom. The van der Waals surface area contributed by atoms with Gasteiger partial charge in [-0.25, -0.2) is 4.79 Å². The highest BCUT2D eigenvalue weighted by atomic mass is 31.2. The van der Waals surface area contributed by atoms with Crippen molar-refractivity contribution in [1.82, 2.24) is 15.7 Å². The van der Waals surface area contributed by atoms with Crippen LogP contribution in [-0.4, -0.2) is 74.9 Å². The van der Waals surface area contributed by atoms with Gasteiger partial charge in [0.15, 0.2) is 5.76 Å². The molecule has 2 unspecified atom stereocenters.